The van der Waals surface area contributed by atoms with Crippen LogP contribution in [0.4, 0.5) is 0 Å². The predicted molar refractivity (Wildman–Crippen MR) is 73.7 cm³/mol. The molecule has 2 aromatic rings. The summed E-state index contributed by atoms with van der Waals surface area (Å²) in [6.07, 6.45) is 3.99. The monoisotopic (exact) mass is 253 g/mol. The summed E-state index contributed by atoms with van der Waals surface area (Å²) in [5.74, 6) is 0. The molecule has 1 aromatic heterocycles. The lowest BCUT2D eigenvalue weighted by Gasteiger charge is -2.23. The highest BCUT2D eigenvalue weighted by molar-refractivity contribution is 7.17. The lowest BCUT2D eigenvalue weighted by molar-refractivity contribution is 0.415. The Hall–Kier alpha value is -0.570. The van der Waals surface area contributed by atoms with Crippen molar-refractivity contribution in [2.45, 2.75) is 25.3 Å². The molecule has 0 unspecified atom stereocenters. The van der Waals surface area contributed by atoms with Crippen LogP contribution in [0.5, 0.6) is 0 Å². The van der Waals surface area contributed by atoms with E-state index in [2.05, 4.69) is 35.0 Å². The van der Waals surface area contributed by atoms with Gasteiger partial charge in [0.25, 0.3) is 0 Å². The first-order valence-corrected chi connectivity index (χ1v) is 6.52. The molecule has 0 amide bonds. The van der Waals surface area contributed by atoms with E-state index in [1.165, 1.54) is 41.5 Å². The number of piperidine rings is 1. The zero-order valence-corrected chi connectivity index (χ0v) is 10.7. The molecule has 1 atom stereocenters. The highest BCUT2D eigenvalue weighted by Gasteiger charge is 2.17. The summed E-state index contributed by atoms with van der Waals surface area (Å²) in [7, 11) is 0. The normalized spacial score (nSPS) is 20.6. The van der Waals surface area contributed by atoms with Gasteiger partial charge in [0, 0.05) is 10.7 Å². The van der Waals surface area contributed by atoms with Gasteiger partial charge >= 0.3 is 0 Å². The highest BCUT2D eigenvalue weighted by Crippen LogP contribution is 2.33. The Kier molecular flexibility index (Phi) is 3.85. The molecular formula is C13H16ClNS. The summed E-state index contributed by atoms with van der Waals surface area (Å²) in [5.41, 5.74) is 1.51. The Labute approximate surface area is 106 Å². The number of halogens is 1. The molecule has 86 valence electrons. The van der Waals surface area contributed by atoms with Crippen molar-refractivity contribution >= 4 is 33.8 Å². The maximum Gasteiger partial charge on any atom is 0.0346 e. The van der Waals surface area contributed by atoms with Gasteiger partial charge in [-0.25, -0.2) is 0 Å². The predicted octanol–water partition coefficient (Wildman–Crippen LogP) is 4.14. The summed E-state index contributed by atoms with van der Waals surface area (Å²) >= 11 is 1.87. The summed E-state index contributed by atoms with van der Waals surface area (Å²) in [6.45, 7) is 1.18. The third kappa shape index (κ3) is 2.10. The molecule has 0 saturated carbocycles. The Bertz CT molecular complexity index is 460. The minimum absolute atomic E-state index is 0. The van der Waals surface area contributed by atoms with Crippen molar-refractivity contribution in [2.75, 3.05) is 6.54 Å². The van der Waals surface area contributed by atoms with E-state index in [9.17, 15) is 0 Å². The van der Waals surface area contributed by atoms with Crippen LogP contribution in [0.15, 0.2) is 29.6 Å². The van der Waals surface area contributed by atoms with E-state index in [1.807, 2.05) is 11.3 Å². The van der Waals surface area contributed by atoms with Gasteiger partial charge < -0.3 is 5.32 Å². The van der Waals surface area contributed by atoms with Gasteiger partial charge in [-0.2, -0.15) is 0 Å². The van der Waals surface area contributed by atoms with E-state index in [1.54, 1.807) is 0 Å². The van der Waals surface area contributed by atoms with Gasteiger partial charge in [0.15, 0.2) is 0 Å². The maximum absolute atomic E-state index is 3.62. The fourth-order valence-corrected chi connectivity index (χ4v) is 3.40. The molecular weight excluding hydrogens is 238 g/mol. The third-order valence-corrected chi connectivity index (χ3v) is 4.18. The molecule has 1 aliphatic rings. The molecule has 1 nitrogen and oxygen atoms in total. The van der Waals surface area contributed by atoms with E-state index in [0.717, 1.165) is 0 Å². The Morgan fingerprint density at radius 1 is 1.19 bits per heavy atom. The molecule has 2 heterocycles. The van der Waals surface area contributed by atoms with Gasteiger partial charge in [0.05, 0.1) is 0 Å². The zero-order valence-electron chi connectivity index (χ0n) is 9.11. The van der Waals surface area contributed by atoms with Crippen molar-refractivity contribution < 1.29 is 0 Å². The van der Waals surface area contributed by atoms with Crippen molar-refractivity contribution in [3.05, 3.63) is 35.2 Å². The molecule has 3 heteroatoms. The van der Waals surface area contributed by atoms with Gasteiger partial charge in [-0.05, 0) is 41.8 Å². The molecule has 0 spiro atoms. The lowest BCUT2D eigenvalue weighted by Crippen LogP contribution is -2.26. The first-order valence-electron chi connectivity index (χ1n) is 5.65. The van der Waals surface area contributed by atoms with Gasteiger partial charge in [-0.1, -0.05) is 24.6 Å². The van der Waals surface area contributed by atoms with Crippen molar-refractivity contribution in [3.8, 4) is 0 Å². The van der Waals surface area contributed by atoms with E-state index in [4.69, 9.17) is 0 Å². The number of hydrogen-bond donors (Lipinski definition) is 1. The van der Waals surface area contributed by atoms with Crippen LogP contribution in [0.25, 0.3) is 10.1 Å². The Morgan fingerprint density at radius 3 is 2.88 bits per heavy atom. The highest BCUT2D eigenvalue weighted by atomic mass is 35.5. The Morgan fingerprint density at radius 2 is 2.06 bits per heavy atom. The van der Waals surface area contributed by atoms with Crippen molar-refractivity contribution in [1.82, 2.24) is 5.32 Å². The quantitative estimate of drug-likeness (QED) is 0.806. The van der Waals surface area contributed by atoms with Gasteiger partial charge in [-0.3, -0.25) is 0 Å². The van der Waals surface area contributed by atoms with Crippen LogP contribution in [-0.4, -0.2) is 6.54 Å². The molecule has 0 radical (unpaired) electrons. The summed E-state index contributed by atoms with van der Waals surface area (Å²) < 4.78 is 1.42. The van der Waals surface area contributed by atoms with Crippen LogP contribution in [-0.2, 0) is 0 Å². The molecule has 1 fully saturated rings. The van der Waals surface area contributed by atoms with Crippen LogP contribution < -0.4 is 5.32 Å². The number of benzene rings is 1. The average Bonchev–Trinajstić information content (AvgIpc) is 2.74. The fourth-order valence-electron chi connectivity index (χ4n) is 2.39. The van der Waals surface area contributed by atoms with Crippen LogP contribution in [0.1, 0.15) is 30.9 Å². The molecule has 0 bridgehead atoms. The van der Waals surface area contributed by atoms with Crippen molar-refractivity contribution in [3.63, 3.8) is 0 Å². The fraction of sp³-hybridized carbons (Fsp3) is 0.385. The van der Waals surface area contributed by atoms with Gasteiger partial charge in [-0.15, -0.1) is 23.7 Å². The number of hydrogen-bond acceptors (Lipinski definition) is 2. The van der Waals surface area contributed by atoms with Crippen molar-refractivity contribution in [2.24, 2.45) is 0 Å². The second-order valence-electron chi connectivity index (χ2n) is 4.19. The second kappa shape index (κ2) is 5.17. The SMILES string of the molecule is Cl.c1ccc2c([C@H]3CCCCN3)csc2c1. The number of fused-ring (bicyclic) bond motifs is 1. The largest absolute Gasteiger partial charge is 0.310 e. The molecule has 1 aromatic carbocycles. The first kappa shape index (κ1) is 11.9. The first-order chi connectivity index (χ1) is 7.45. The minimum atomic E-state index is 0. The lowest BCUT2D eigenvalue weighted by atomic mass is 9.97. The van der Waals surface area contributed by atoms with E-state index >= 15 is 0 Å². The van der Waals surface area contributed by atoms with Gasteiger partial charge in [0.2, 0.25) is 0 Å². The molecule has 16 heavy (non-hydrogen) atoms. The van der Waals surface area contributed by atoms with E-state index in [0.29, 0.717) is 6.04 Å². The van der Waals surface area contributed by atoms with E-state index in [-0.39, 0.29) is 12.4 Å². The smallest absolute Gasteiger partial charge is 0.0346 e. The zero-order chi connectivity index (χ0) is 10.1. The molecule has 3 rings (SSSR count). The van der Waals surface area contributed by atoms with Crippen LogP contribution in [0.2, 0.25) is 0 Å². The molecule has 1 N–H and O–H groups in total. The van der Waals surface area contributed by atoms with Crippen molar-refractivity contribution in [1.29, 1.82) is 0 Å². The molecule has 1 aliphatic heterocycles. The number of rotatable bonds is 1. The minimum Gasteiger partial charge on any atom is -0.310 e. The molecule has 0 aliphatic carbocycles. The summed E-state index contributed by atoms with van der Waals surface area (Å²) in [5, 5.41) is 7.39. The average molecular weight is 254 g/mol. The molecule has 1 saturated heterocycles. The second-order valence-corrected chi connectivity index (χ2v) is 5.10. The van der Waals surface area contributed by atoms with Crippen LogP contribution in [0, 0.1) is 0 Å². The number of nitrogens with one attached hydrogen (secondary N) is 1. The van der Waals surface area contributed by atoms with Gasteiger partial charge in [0.1, 0.15) is 0 Å². The topological polar surface area (TPSA) is 12.0 Å². The standard InChI is InChI=1S/C13H15NS.ClH/c1-2-7-13-10(5-1)11(9-15-13)12-6-3-4-8-14-12;/h1-2,5,7,9,12,14H,3-4,6,8H2;1H/t12-;/m1./s1. The van der Waals surface area contributed by atoms with Crippen LogP contribution in [0.3, 0.4) is 0 Å². The Balaban J connectivity index is 0.000000963. The van der Waals surface area contributed by atoms with E-state index < -0.39 is 0 Å². The summed E-state index contributed by atoms with van der Waals surface area (Å²) in [4.78, 5) is 0. The summed E-state index contributed by atoms with van der Waals surface area (Å²) in [6, 6.07) is 9.32. The number of thiophene rings is 1. The third-order valence-electron chi connectivity index (χ3n) is 3.20. The maximum atomic E-state index is 3.62. The van der Waals surface area contributed by atoms with Crippen LogP contribution >= 0.6 is 23.7 Å².